The molecule has 0 bridgehead atoms. The number of halogens is 6. The first-order chi connectivity index (χ1) is 16.1. The third-order valence-electron chi connectivity index (χ3n) is 5.98. The predicted molar refractivity (Wildman–Crippen MR) is 127 cm³/mol. The minimum atomic E-state index is -4.45. The minimum Gasteiger partial charge on any atom is -0.474 e. The SMILES string of the molecule is CC(Oc1ccc(C(F)(F)F)cn1)C1CN(Cc2ccc(Cl)nc2)CC1c1ccc(Cl)c(Cl)c1. The van der Waals surface area contributed by atoms with E-state index in [2.05, 4.69) is 14.9 Å². The molecule has 1 saturated heterocycles. The second-order valence-electron chi connectivity index (χ2n) is 8.33. The van der Waals surface area contributed by atoms with Gasteiger partial charge < -0.3 is 4.74 Å². The molecule has 1 aliphatic heterocycles. The zero-order chi connectivity index (χ0) is 24.5. The molecule has 180 valence electrons. The van der Waals surface area contributed by atoms with Gasteiger partial charge >= 0.3 is 6.18 Å². The van der Waals surface area contributed by atoms with E-state index in [1.54, 1.807) is 18.3 Å². The van der Waals surface area contributed by atoms with Gasteiger partial charge in [-0.2, -0.15) is 13.2 Å². The van der Waals surface area contributed by atoms with Gasteiger partial charge in [-0.25, -0.2) is 9.97 Å². The van der Waals surface area contributed by atoms with E-state index in [0.717, 1.165) is 29.9 Å². The van der Waals surface area contributed by atoms with E-state index in [1.807, 2.05) is 25.1 Å². The third kappa shape index (κ3) is 5.95. The molecule has 3 aromatic rings. The Morgan fingerprint density at radius 2 is 1.79 bits per heavy atom. The lowest BCUT2D eigenvalue weighted by Gasteiger charge is -2.26. The summed E-state index contributed by atoms with van der Waals surface area (Å²) in [7, 11) is 0. The Kier molecular flexibility index (Phi) is 7.57. The van der Waals surface area contributed by atoms with Gasteiger partial charge in [-0.1, -0.05) is 46.9 Å². The second kappa shape index (κ2) is 10.3. The Bertz CT molecular complexity index is 1130. The fraction of sp³-hybridized carbons (Fsp3) is 0.333. The highest BCUT2D eigenvalue weighted by molar-refractivity contribution is 6.42. The first-order valence-electron chi connectivity index (χ1n) is 10.6. The van der Waals surface area contributed by atoms with E-state index >= 15 is 0 Å². The molecule has 3 heterocycles. The molecule has 0 aliphatic carbocycles. The lowest BCUT2D eigenvalue weighted by molar-refractivity contribution is -0.137. The van der Waals surface area contributed by atoms with E-state index in [1.165, 1.54) is 6.07 Å². The average Bonchev–Trinajstić information content (AvgIpc) is 3.21. The van der Waals surface area contributed by atoms with Crippen molar-refractivity contribution in [1.29, 1.82) is 0 Å². The van der Waals surface area contributed by atoms with Gasteiger partial charge in [0, 0.05) is 49.9 Å². The number of hydrogen-bond acceptors (Lipinski definition) is 4. The first-order valence-corrected chi connectivity index (χ1v) is 11.7. The van der Waals surface area contributed by atoms with Crippen molar-refractivity contribution >= 4 is 34.8 Å². The number of ether oxygens (including phenoxy) is 1. The standard InChI is InChI=1S/C24H21Cl3F3N3O/c1-14(34-23-7-4-17(10-32-23)24(28,29)30)18-12-33(11-15-2-6-22(27)31-9-15)13-19(18)16-3-5-20(25)21(26)8-16/h2-10,14,18-19H,11-13H2,1H3. The molecule has 3 unspecified atom stereocenters. The predicted octanol–water partition coefficient (Wildman–Crippen LogP) is 7.14. The summed E-state index contributed by atoms with van der Waals surface area (Å²) in [5.41, 5.74) is 1.23. The van der Waals surface area contributed by atoms with Crippen LogP contribution in [0.15, 0.2) is 54.9 Å². The number of alkyl halides is 3. The molecule has 0 amide bonds. The van der Waals surface area contributed by atoms with E-state index < -0.39 is 11.7 Å². The Hall–Kier alpha value is -2.06. The van der Waals surface area contributed by atoms with Crippen LogP contribution in [-0.4, -0.2) is 34.1 Å². The van der Waals surface area contributed by atoms with Gasteiger partial charge in [-0.3, -0.25) is 4.90 Å². The Morgan fingerprint density at radius 1 is 1.00 bits per heavy atom. The summed E-state index contributed by atoms with van der Waals surface area (Å²) in [6.45, 7) is 4.01. The molecule has 0 N–H and O–H groups in total. The number of likely N-dealkylation sites (tertiary alicyclic amines) is 1. The summed E-state index contributed by atoms with van der Waals surface area (Å²) < 4.78 is 44.6. The van der Waals surface area contributed by atoms with Crippen molar-refractivity contribution < 1.29 is 17.9 Å². The third-order valence-corrected chi connectivity index (χ3v) is 6.94. The number of nitrogens with zero attached hydrogens (tertiary/aromatic N) is 3. The lowest BCUT2D eigenvalue weighted by Crippen LogP contribution is -2.30. The molecular formula is C24H21Cl3F3N3O. The van der Waals surface area contributed by atoms with Crippen molar-refractivity contribution in [1.82, 2.24) is 14.9 Å². The van der Waals surface area contributed by atoms with Crippen molar-refractivity contribution in [2.24, 2.45) is 5.92 Å². The quantitative estimate of drug-likeness (QED) is 0.318. The summed E-state index contributed by atoms with van der Waals surface area (Å²) in [5.74, 6) is 0.245. The van der Waals surface area contributed by atoms with Crippen LogP contribution in [0.1, 0.15) is 29.5 Å². The molecule has 4 nitrogen and oxygen atoms in total. The summed E-state index contributed by atoms with van der Waals surface area (Å²) in [6.07, 6.45) is -2.24. The molecule has 0 spiro atoms. The molecule has 0 radical (unpaired) electrons. The Balaban J connectivity index is 1.54. The zero-order valence-corrected chi connectivity index (χ0v) is 20.3. The number of benzene rings is 1. The lowest BCUT2D eigenvalue weighted by atomic mass is 9.86. The van der Waals surface area contributed by atoms with Crippen LogP contribution in [-0.2, 0) is 12.7 Å². The highest BCUT2D eigenvalue weighted by Gasteiger charge is 2.38. The van der Waals surface area contributed by atoms with Gasteiger partial charge in [0.1, 0.15) is 11.3 Å². The maximum atomic E-state index is 12.9. The van der Waals surface area contributed by atoms with Gasteiger partial charge in [0.25, 0.3) is 0 Å². The van der Waals surface area contributed by atoms with Crippen molar-refractivity contribution in [3.8, 4) is 5.88 Å². The number of rotatable bonds is 6. The summed E-state index contributed by atoms with van der Waals surface area (Å²) in [5, 5.41) is 1.38. The highest BCUT2D eigenvalue weighted by atomic mass is 35.5. The van der Waals surface area contributed by atoms with Crippen LogP contribution in [0.2, 0.25) is 15.2 Å². The number of hydrogen-bond donors (Lipinski definition) is 0. The summed E-state index contributed by atoms with van der Waals surface area (Å²) >= 11 is 18.3. The Labute approximate surface area is 210 Å². The fourth-order valence-corrected chi connectivity index (χ4v) is 4.69. The van der Waals surface area contributed by atoms with Crippen LogP contribution >= 0.6 is 34.8 Å². The monoisotopic (exact) mass is 529 g/mol. The first kappa shape index (κ1) is 25.0. The van der Waals surface area contributed by atoms with Crippen LogP contribution in [0, 0.1) is 5.92 Å². The van der Waals surface area contributed by atoms with Crippen LogP contribution in [0.5, 0.6) is 5.88 Å². The number of aromatic nitrogens is 2. The van der Waals surface area contributed by atoms with Gasteiger partial charge in [0.15, 0.2) is 0 Å². The largest absolute Gasteiger partial charge is 0.474 e. The fourth-order valence-electron chi connectivity index (χ4n) is 4.27. The second-order valence-corrected chi connectivity index (χ2v) is 9.53. The van der Waals surface area contributed by atoms with E-state index in [4.69, 9.17) is 39.5 Å². The van der Waals surface area contributed by atoms with Crippen LogP contribution in [0.3, 0.4) is 0 Å². The minimum absolute atomic E-state index is 0.0293. The van der Waals surface area contributed by atoms with Gasteiger partial charge in [0.2, 0.25) is 5.88 Å². The highest BCUT2D eigenvalue weighted by Crippen LogP contribution is 2.39. The molecule has 10 heteroatoms. The normalized spacial score (nSPS) is 19.9. The molecule has 1 fully saturated rings. The molecule has 2 aromatic heterocycles. The van der Waals surface area contributed by atoms with E-state index in [0.29, 0.717) is 28.3 Å². The van der Waals surface area contributed by atoms with E-state index in [9.17, 15) is 13.2 Å². The van der Waals surface area contributed by atoms with Gasteiger partial charge in [-0.15, -0.1) is 0 Å². The molecule has 4 rings (SSSR count). The maximum absolute atomic E-state index is 12.9. The average molecular weight is 531 g/mol. The molecule has 1 aromatic carbocycles. The maximum Gasteiger partial charge on any atom is 0.417 e. The summed E-state index contributed by atoms with van der Waals surface area (Å²) in [6, 6.07) is 11.5. The molecule has 34 heavy (non-hydrogen) atoms. The zero-order valence-electron chi connectivity index (χ0n) is 18.1. The van der Waals surface area contributed by atoms with Gasteiger partial charge in [-0.05, 0) is 42.3 Å². The topological polar surface area (TPSA) is 38.2 Å². The number of pyridine rings is 2. The van der Waals surface area contributed by atoms with Crippen LogP contribution < -0.4 is 4.74 Å². The molecule has 0 saturated carbocycles. The van der Waals surface area contributed by atoms with Crippen molar-refractivity contribution in [2.45, 2.75) is 31.7 Å². The molecule has 3 atom stereocenters. The van der Waals surface area contributed by atoms with Crippen molar-refractivity contribution in [3.05, 3.63) is 86.7 Å². The summed E-state index contributed by atoms with van der Waals surface area (Å²) in [4.78, 5) is 10.3. The van der Waals surface area contributed by atoms with Gasteiger partial charge in [0.05, 0.1) is 15.6 Å². The van der Waals surface area contributed by atoms with Crippen LogP contribution in [0.4, 0.5) is 13.2 Å². The Morgan fingerprint density at radius 3 is 2.41 bits per heavy atom. The van der Waals surface area contributed by atoms with E-state index in [-0.39, 0.29) is 23.8 Å². The van der Waals surface area contributed by atoms with Crippen LogP contribution in [0.25, 0.3) is 0 Å². The smallest absolute Gasteiger partial charge is 0.417 e. The van der Waals surface area contributed by atoms with Crippen molar-refractivity contribution in [2.75, 3.05) is 13.1 Å². The molecular weight excluding hydrogens is 510 g/mol. The van der Waals surface area contributed by atoms with Crippen molar-refractivity contribution in [3.63, 3.8) is 0 Å². The molecule has 1 aliphatic rings.